The number of benzene rings is 2. The topological polar surface area (TPSA) is 38.3 Å². The first-order chi connectivity index (χ1) is 12.1. The highest BCUT2D eigenvalue weighted by Crippen LogP contribution is 2.44. The molecule has 1 aliphatic rings. The van der Waals surface area contributed by atoms with Crippen LogP contribution in [0.2, 0.25) is 0 Å². The van der Waals surface area contributed by atoms with E-state index >= 15 is 0 Å². The van der Waals surface area contributed by atoms with Gasteiger partial charge in [-0.05, 0) is 28.2 Å². The molecule has 0 saturated heterocycles. The SMILES string of the molecule is C#CC(CNC(=O)OCC1c2ccccc2-c2ccccc21)C(C)C. The normalized spacial score (nSPS) is 13.7. The number of hydrogen-bond donors (Lipinski definition) is 1. The summed E-state index contributed by atoms with van der Waals surface area (Å²) in [5, 5.41) is 2.78. The Hall–Kier alpha value is -2.73. The van der Waals surface area contributed by atoms with E-state index in [9.17, 15) is 4.79 Å². The van der Waals surface area contributed by atoms with Crippen molar-refractivity contribution >= 4 is 6.09 Å². The molecule has 1 atom stereocenters. The fourth-order valence-electron chi connectivity index (χ4n) is 3.33. The first kappa shape index (κ1) is 17.1. The lowest BCUT2D eigenvalue weighted by Crippen LogP contribution is -2.32. The zero-order valence-corrected chi connectivity index (χ0v) is 14.7. The number of ether oxygens (including phenoxy) is 1. The van der Waals surface area contributed by atoms with Crippen LogP contribution in [0.15, 0.2) is 48.5 Å². The third kappa shape index (κ3) is 3.53. The molecule has 3 heteroatoms. The van der Waals surface area contributed by atoms with E-state index < -0.39 is 6.09 Å². The zero-order chi connectivity index (χ0) is 17.8. The molecular weight excluding hydrogens is 310 g/mol. The highest BCUT2D eigenvalue weighted by molar-refractivity contribution is 5.79. The Bertz CT molecular complexity index is 758. The highest BCUT2D eigenvalue weighted by atomic mass is 16.5. The first-order valence-electron chi connectivity index (χ1n) is 8.66. The van der Waals surface area contributed by atoms with Crippen LogP contribution in [0.5, 0.6) is 0 Å². The fourth-order valence-corrected chi connectivity index (χ4v) is 3.33. The number of nitrogens with one attached hydrogen (secondary N) is 1. The molecule has 0 aliphatic heterocycles. The second kappa shape index (κ2) is 7.44. The number of fused-ring (bicyclic) bond motifs is 3. The molecule has 0 fully saturated rings. The molecule has 1 N–H and O–H groups in total. The van der Waals surface area contributed by atoms with Crippen LogP contribution in [0.3, 0.4) is 0 Å². The lowest BCUT2D eigenvalue weighted by molar-refractivity contribution is 0.141. The van der Waals surface area contributed by atoms with Gasteiger partial charge in [0.05, 0.1) is 0 Å². The fraction of sp³-hybridized carbons (Fsp3) is 0.318. The summed E-state index contributed by atoms with van der Waals surface area (Å²) >= 11 is 0. The van der Waals surface area contributed by atoms with Crippen LogP contribution in [-0.2, 0) is 4.74 Å². The molecule has 0 saturated carbocycles. The quantitative estimate of drug-likeness (QED) is 0.822. The second-order valence-corrected chi connectivity index (χ2v) is 6.72. The molecule has 0 heterocycles. The summed E-state index contributed by atoms with van der Waals surface area (Å²) < 4.78 is 5.50. The van der Waals surface area contributed by atoms with E-state index in [0.717, 1.165) is 0 Å². The number of carbonyl (C=O) groups excluding carboxylic acids is 1. The van der Waals surface area contributed by atoms with E-state index in [0.29, 0.717) is 19.1 Å². The van der Waals surface area contributed by atoms with Crippen LogP contribution >= 0.6 is 0 Å². The third-order valence-electron chi connectivity index (χ3n) is 4.83. The van der Waals surface area contributed by atoms with Gasteiger partial charge in [0.25, 0.3) is 0 Å². The maximum absolute atomic E-state index is 12.1. The average molecular weight is 333 g/mol. The highest BCUT2D eigenvalue weighted by Gasteiger charge is 2.29. The van der Waals surface area contributed by atoms with E-state index in [2.05, 4.69) is 35.5 Å². The molecule has 1 unspecified atom stereocenters. The summed E-state index contributed by atoms with van der Waals surface area (Å²) in [4.78, 5) is 12.1. The predicted molar refractivity (Wildman–Crippen MR) is 100 cm³/mol. The van der Waals surface area contributed by atoms with E-state index in [1.807, 2.05) is 38.1 Å². The molecule has 0 radical (unpaired) electrons. The minimum absolute atomic E-state index is 0.0143. The van der Waals surface area contributed by atoms with Gasteiger partial charge in [0, 0.05) is 18.4 Å². The van der Waals surface area contributed by atoms with Crippen molar-refractivity contribution in [2.45, 2.75) is 19.8 Å². The molecule has 25 heavy (non-hydrogen) atoms. The number of amides is 1. The summed E-state index contributed by atoms with van der Waals surface area (Å²) in [5.74, 6) is 3.12. The number of alkyl carbamates (subject to hydrolysis) is 1. The Kier molecular flexibility index (Phi) is 5.09. The third-order valence-corrected chi connectivity index (χ3v) is 4.83. The summed E-state index contributed by atoms with van der Waals surface area (Å²) in [6.07, 6.45) is 5.08. The van der Waals surface area contributed by atoms with Crippen molar-refractivity contribution in [2.24, 2.45) is 11.8 Å². The Morgan fingerprint density at radius 1 is 1.12 bits per heavy atom. The Balaban J connectivity index is 1.66. The van der Waals surface area contributed by atoms with Gasteiger partial charge in [0.1, 0.15) is 6.61 Å². The van der Waals surface area contributed by atoms with Crippen molar-refractivity contribution in [1.29, 1.82) is 0 Å². The molecule has 1 amide bonds. The molecular formula is C22H23NO2. The number of carbonyl (C=O) groups is 1. The molecule has 128 valence electrons. The Labute approximate surface area is 149 Å². The van der Waals surface area contributed by atoms with Gasteiger partial charge in [-0.2, -0.15) is 0 Å². The van der Waals surface area contributed by atoms with Crippen LogP contribution in [0.4, 0.5) is 4.79 Å². The van der Waals surface area contributed by atoms with E-state index in [1.54, 1.807) is 0 Å². The summed E-state index contributed by atoms with van der Waals surface area (Å²) in [6, 6.07) is 16.6. The van der Waals surface area contributed by atoms with E-state index in [1.165, 1.54) is 22.3 Å². The molecule has 3 rings (SSSR count). The number of terminal acetylenes is 1. The van der Waals surface area contributed by atoms with Gasteiger partial charge >= 0.3 is 6.09 Å². The lowest BCUT2D eigenvalue weighted by atomic mass is 9.97. The summed E-state index contributed by atoms with van der Waals surface area (Å²) in [7, 11) is 0. The van der Waals surface area contributed by atoms with Crippen molar-refractivity contribution in [3.8, 4) is 23.5 Å². The van der Waals surface area contributed by atoms with Gasteiger partial charge < -0.3 is 10.1 Å². The molecule has 0 spiro atoms. The minimum atomic E-state index is -0.414. The second-order valence-electron chi connectivity index (χ2n) is 6.72. The average Bonchev–Trinajstić information content (AvgIpc) is 2.94. The van der Waals surface area contributed by atoms with Crippen LogP contribution in [0, 0.1) is 24.2 Å². The molecule has 0 aromatic heterocycles. The van der Waals surface area contributed by atoms with Crippen molar-refractivity contribution in [3.63, 3.8) is 0 Å². The number of rotatable bonds is 5. The van der Waals surface area contributed by atoms with E-state index in [-0.39, 0.29) is 11.8 Å². The molecule has 2 aromatic rings. The summed E-state index contributed by atoms with van der Waals surface area (Å²) in [5.41, 5.74) is 4.86. The maximum atomic E-state index is 12.1. The van der Waals surface area contributed by atoms with Gasteiger partial charge in [-0.25, -0.2) is 4.79 Å². The predicted octanol–water partition coefficient (Wildman–Crippen LogP) is 4.43. The largest absolute Gasteiger partial charge is 0.449 e. The Morgan fingerprint density at radius 2 is 1.68 bits per heavy atom. The van der Waals surface area contributed by atoms with Gasteiger partial charge in [-0.3, -0.25) is 0 Å². The molecule has 0 bridgehead atoms. The van der Waals surface area contributed by atoms with Gasteiger partial charge in [0.15, 0.2) is 0 Å². The van der Waals surface area contributed by atoms with Gasteiger partial charge in [0.2, 0.25) is 0 Å². The van der Waals surface area contributed by atoms with Crippen LogP contribution < -0.4 is 5.32 Å². The first-order valence-corrected chi connectivity index (χ1v) is 8.66. The molecule has 1 aliphatic carbocycles. The van der Waals surface area contributed by atoms with Crippen molar-refractivity contribution in [2.75, 3.05) is 13.2 Å². The van der Waals surface area contributed by atoms with Crippen LogP contribution in [0.25, 0.3) is 11.1 Å². The molecule has 2 aromatic carbocycles. The standard InChI is InChI=1S/C22H23NO2/c1-4-16(15(2)3)13-23-22(24)25-14-21-19-11-7-5-9-17(19)18-10-6-8-12-20(18)21/h1,5-12,15-16,21H,13-14H2,2-3H3,(H,23,24). The minimum Gasteiger partial charge on any atom is -0.449 e. The van der Waals surface area contributed by atoms with Gasteiger partial charge in [-0.15, -0.1) is 12.3 Å². The lowest BCUT2D eigenvalue weighted by Gasteiger charge is -2.17. The van der Waals surface area contributed by atoms with Gasteiger partial charge in [-0.1, -0.05) is 62.4 Å². The zero-order valence-electron chi connectivity index (χ0n) is 14.7. The number of hydrogen-bond acceptors (Lipinski definition) is 2. The van der Waals surface area contributed by atoms with Crippen molar-refractivity contribution in [1.82, 2.24) is 5.32 Å². The summed E-state index contributed by atoms with van der Waals surface area (Å²) in [6.45, 7) is 4.85. The smallest absolute Gasteiger partial charge is 0.407 e. The van der Waals surface area contributed by atoms with Crippen molar-refractivity contribution < 1.29 is 9.53 Å². The van der Waals surface area contributed by atoms with Crippen LogP contribution in [0.1, 0.15) is 30.9 Å². The maximum Gasteiger partial charge on any atom is 0.407 e. The Morgan fingerprint density at radius 3 is 2.20 bits per heavy atom. The van der Waals surface area contributed by atoms with E-state index in [4.69, 9.17) is 11.2 Å². The molecule has 3 nitrogen and oxygen atoms in total. The van der Waals surface area contributed by atoms with Crippen molar-refractivity contribution in [3.05, 3.63) is 59.7 Å². The van der Waals surface area contributed by atoms with Crippen LogP contribution in [-0.4, -0.2) is 19.2 Å². The monoisotopic (exact) mass is 333 g/mol.